The predicted molar refractivity (Wildman–Crippen MR) is 85.4 cm³/mol. The Labute approximate surface area is 136 Å². The number of likely N-dealkylation sites (tertiary alicyclic amines) is 1. The average molecular weight is 339 g/mol. The fourth-order valence-electron chi connectivity index (χ4n) is 2.65. The first-order valence-corrected chi connectivity index (χ1v) is 8.92. The van der Waals surface area contributed by atoms with Crippen molar-refractivity contribution in [2.24, 2.45) is 5.92 Å². The topological polar surface area (TPSA) is 95.6 Å². The van der Waals surface area contributed by atoms with Crippen molar-refractivity contribution in [3.05, 3.63) is 29.8 Å². The van der Waals surface area contributed by atoms with Crippen LogP contribution in [0.25, 0.3) is 0 Å². The van der Waals surface area contributed by atoms with E-state index in [-0.39, 0.29) is 22.6 Å². The van der Waals surface area contributed by atoms with Gasteiger partial charge in [-0.1, -0.05) is 6.07 Å². The zero-order valence-electron chi connectivity index (χ0n) is 13.2. The normalized spacial score (nSPS) is 16.2. The molecular weight excluding hydrogens is 318 g/mol. The molecule has 1 aliphatic rings. The maximum atomic E-state index is 12.5. The van der Waals surface area contributed by atoms with Gasteiger partial charge in [-0.25, -0.2) is 13.1 Å². The highest BCUT2D eigenvalue weighted by Gasteiger charge is 2.27. The summed E-state index contributed by atoms with van der Waals surface area (Å²) in [7, 11) is -0.651. The van der Waals surface area contributed by atoms with Crippen LogP contribution in [0, 0.1) is 5.92 Å². The van der Waals surface area contributed by atoms with Gasteiger partial charge in [-0.2, -0.15) is 0 Å². The molecule has 0 spiro atoms. The summed E-state index contributed by atoms with van der Waals surface area (Å²) in [5, 5.41) is 2.62. The van der Waals surface area contributed by atoms with Gasteiger partial charge in [0.05, 0.1) is 4.90 Å². The predicted octanol–water partition coefficient (Wildman–Crippen LogP) is 0.193. The second-order valence-electron chi connectivity index (χ2n) is 5.42. The van der Waals surface area contributed by atoms with Crippen LogP contribution in [0.2, 0.25) is 0 Å². The summed E-state index contributed by atoms with van der Waals surface area (Å²) < 4.78 is 25.9. The number of benzene rings is 1. The number of sulfonamides is 1. The largest absolute Gasteiger partial charge is 0.359 e. The quantitative estimate of drug-likeness (QED) is 0.819. The van der Waals surface area contributed by atoms with E-state index in [1.807, 2.05) is 0 Å². The highest BCUT2D eigenvalue weighted by molar-refractivity contribution is 7.89. The van der Waals surface area contributed by atoms with E-state index >= 15 is 0 Å². The summed E-state index contributed by atoms with van der Waals surface area (Å²) in [5.74, 6) is -0.284. The summed E-state index contributed by atoms with van der Waals surface area (Å²) in [5.41, 5.74) is 0.333. The van der Waals surface area contributed by atoms with Crippen LogP contribution in [0.1, 0.15) is 23.2 Å². The second-order valence-corrected chi connectivity index (χ2v) is 7.30. The Hall–Kier alpha value is -1.93. The first kappa shape index (κ1) is 17.4. The third-order valence-corrected chi connectivity index (χ3v) is 5.47. The molecule has 0 unspecified atom stereocenters. The number of rotatable bonds is 4. The van der Waals surface area contributed by atoms with Crippen LogP contribution in [0.5, 0.6) is 0 Å². The van der Waals surface area contributed by atoms with Crippen molar-refractivity contribution < 1.29 is 18.0 Å². The molecule has 0 radical (unpaired) electrons. The monoisotopic (exact) mass is 339 g/mol. The van der Waals surface area contributed by atoms with Gasteiger partial charge in [-0.05, 0) is 38.1 Å². The molecule has 7 nitrogen and oxygen atoms in total. The lowest BCUT2D eigenvalue weighted by molar-refractivity contribution is -0.125. The van der Waals surface area contributed by atoms with Crippen molar-refractivity contribution in [1.29, 1.82) is 0 Å². The summed E-state index contributed by atoms with van der Waals surface area (Å²) in [6.45, 7) is 0.972. The van der Waals surface area contributed by atoms with Crippen LogP contribution in [0.4, 0.5) is 0 Å². The molecule has 1 saturated heterocycles. The molecule has 1 aliphatic heterocycles. The van der Waals surface area contributed by atoms with E-state index in [0.29, 0.717) is 31.5 Å². The summed E-state index contributed by atoms with van der Waals surface area (Å²) in [6.07, 6.45) is 1.22. The van der Waals surface area contributed by atoms with Gasteiger partial charge < -0.3 is 10.2 Å². The molecule has 1 heterocycles. The molecule has 8 heteroatoms. The maximum Gasteiger partial charge on any atom is 0.253 e. The minimum atomic E-state index is -3.58. The fourth-order valence-corrected chi connectivity index (χ4v) is 3.42. The molecule has 1 aromatic rings. The van der Waals surface area contributed by atoms with Crippen LogP contribution in [-0.2, 0) is 14.8 Å². The molecule has 0 saturated carbocycles. The van der Waals surface area contributed by atoms with E-state index in [2.05, 4.69) is 10.0 Å². The Kier molecular flexibility index (Phi) is 5.38. The molecule has 0 bridgehead atoms. The van der Waals surface area contributed by atoms with Gasteiger partial charge in [0, 0.05) is 31.6 Å². The molecule has 126 valence electrons. The highest BCUT2D eigenvalue weighted by atomic mass is 32.2. The van der Waals surface area contributed by atoms with E-state index in [0.717, 1.165) is 0 Å². The summed E-state index contributed by atoms with van der Waals surface area (Å²) >= 11 is 0. The standard InChI is InChI=1S/C15H21N3O4S/c1-16-14(19)11-6-8-18(9-7-11)15(20)12-4-3-5-13(10-12)23(21,22)17-2/h3-5,10-11,17H,6-9H2,1-2H3,(H,16,19). The van der Waals surface area contributed by atoms with E-state index in [9.17, 15) is 18.0 Å². The third-order valence-electron chi connectivity index (χ3n) is 4.06. The number of hydrogen-bond donors (Lipinski definition) is 2. The molecule has 0 aromatic heterocycles. The number of carbonyl (C=O) groups excluding carboxylic acids is 2. The Morgan fingerprint density at radius 3 is 2.39 bits per heavy atom. The smallest absolute Gasteiger partial charge is 0.253 e. The van der Waals surface area contributed by atoms with Crippen LogP contribution in [0.3, 0.4) is 0 Å². The highest BCUT2D eigenvalue weighted by Crippen LogP contribution is 2.20. The van der Waals surface area contributed by atoms with Gasteiger partial charge >= 0.3 is 0 Å². The van der Waals surface area contributed by atoms with Gasteiger partial charge in [0.15, 0.2) is 0 Å². The maximum absolute atomic E-state index is 12.5. The first-order valence-electron chi connectivity index (χ1n) is 7.43. The number of hydrogen-bond acceptors (Lipinski definition) is 4. The van der Waals surface area contributed by atoms with Crippen molar-refractivity contribution in [1.82, 2.24) is 14.9 Å². The Morgan fingerprint density at radius 2 is 1.83 bits per heavy atom. The number of carbonyl (C=O) groups is 2. The lowest BCUT2D eigenvalue weighted by Crippen LogP contribution is -2.42. The van der Waals surface area contributed by atoms with Crippen LogP contribution in [-0.4, -0.2) is 52.3 Å². The number of nitrogens with zero attached hydrogens (tertiary/aromatic N) is 1. The lowest BCUT2D eigenvalue weighted by atomic mass is 9.95. The van der Waals surface area contributed by atoms with Crippen LogP contribution < -0.4 is 10.0 Å². The molecule has 2 amide bonds. The van der Waals surface area contributed by atoms with Crippen LogP contribution in [0.15, 0.2) is 29.2 Å². The first-order chi connectivity index (χ1) is 10.9. The second kappa shape index (κ2) is 7.10. The Morgan fingerprint density at radius 1 is 1.17 bits per heavy atom. The van der Waals surface area contributed by atoms with E-state index in [1.54, 1.807) is 24.1 Å². The molecule has 1 aromatic carbocycles. The van der Waals surface area contributed by atoms with Gasteiger partial charge in [0.2, 0.25) is 15.9 Å². The number of piperidine rings is 1. The molecule has 1 fully saturated rings. The molecule has 0 aliphatic carbocycles. The minimum Gasteiger partial charge on any atom is -0.359 e. The van der Waals surface area contributed by atoms with Crippen molar-refractivity contribution in [3.8, 4) is 0 Å². The average Bonchev–Trinajstić information content (AvgIpc) is 2.60. The van der Waals surface area contributed by atoms with Crippen LogP contribution >= 0.6 is 0 Å². The van der Waals surface area contributed by atoms with E-state index < -0.39 is 10.0 Å². The van der Waals surface area contributed by atoms with E-state index in [4.69, 9.17) is 0 Å². The third kappa shape index (κ3) is 3.89. The van der Waals surface area contributed by atoms with Gasteiger partial charge in [-0.3, -0.25) is 9.59 Å². The van der Waals surface area contributed by atoms with Gasteiger partial charge in [0.25, 0.3) is 5.91 Å². The molecular formula is C15H21N3O4S. The van der Waals surface area contributed by atoms with Crippen molar-refractivity contribution in [2.45, 2.75) is 17.7 Å². The zero-order valence-corrected chi connectivity index (χ0v) is 14.0. The SMILES string of the molecule is CNC(=O)C1CCN(C(=O)c2cccc(S(=O)(=O)NC)c2)CC1. The summed E-state index contributed by atoms with van der Waals surface area (Å²) in [4.78, 5) is 25.9. The Bertz CT molecular complexity index is 694. The van der Waals surface area contributed by atoms with Gasteiger partial charge in [0.1, 0.15) is 0 Å². The molecule has 2 rings (SSSR count). The van der Waals surface area contributed by atoms with Gasteiger partial charge in [-0.15, -0.1) is 0 Å². The molecule has 2 N–H and O–H groups in total. The Balaban J connectivity index is 2.10. The van der Waals surface area contributed by atoms with Crippen molar-refractivity contribution >= 4 is 21.8 Å². The summed E-state index contributed by atoms with van der Waals surface area (Å²) in [6, 6.07) is 5.97. The number of nitrogens with one attached hydrogen (secondary N) is 2. The van der Waals surface area contributed by atoms with E-state index in [1.165, 1.54) is 19.2 Å². The lowest BCUT2D eigenvalue weighted by Gasteiger charge is -2.31. The van der Waals surface area contributed by atoms with Crippen molar-refractivity contribution in [2.75, 3.05) is 27.2 Å². The number of amides is 2. The zero-order chi connectivity index (χ0) is 17.0. The molecule has 0 atom stereocenters. The minimum absolute atomic E-state index is 0.000732. The molecule has 23 heavy (non-hydrogen) atoms. The fraction of sp³-hybridized carbons (Fsp3) is 0.467. The van der Waals surface area contributed by atoms with Crippen molar-refractivity contribution in [3.63, 3.8) is 0 Å².